The van der Waals surface area contributed by atoms with Gasteiger partial charge in [-0.1, -0.05) is 0 Å². The summed E-state index contributed by atoms with van der Waals surface area (Å²) in [4.78, 5) is 16.5. The van der Waals surface area contributed by atoms with Crippen LogP contribution in [0.1, 0.15) is 38.5 Å². The molecule has 0 saturated carbocycles. The molecular formula is C14H27N3O. The van der Waals surface area contributed by atoms with Gasteiger partial charge in [-0.05, 0) is 58.7 Å². The predicted molar refractivity (Wildman–Crippen MR) is 73.6 cm³/mol. The van der Waals surface area contributed by atoms with E-state index < -0.39 is 0 Å². The number of rotatable bonds is 3. The van der Waals surface area contributed by atoms with Crippen LogP contribution in [0.3, 0.4) is 0 Å². The van der Waals surface area contributed by atoms with Crippen LogP contribution < -0.4 is 5.32 Å². The lowest BCUT2D eigenvalue weighted by Crippen LogP contribution is -2.43. The van der Waals surface area contributed by atoms with Crippen molar-refractivity contribution >= 4 is 5.91 Å². The van der Waals surface area contributed by atoms with Crippen LogP contribution in [-0.4, -0.2) is 61.5 Å². The van der Waals surface area contributed by atoms with E-state index >= 15 is 0 Å². The Morgan fingerprint density at radius 1 is 1.06 bits per heavy atom. The molecule has 0 aromatic carbocycles. The van der Waals surface area contributed by atoms with Crippen LogP contribution in [0.15, 0.2) is 0 Å². The maximum Gasteiger partial charge on any atom is 0.236 e. The van der Waals surface area contributed by atoms with Gasteiger partial charge in [0.1, 0.15) is 0 Å². The van der Waals surface area contributed by atoms with E-state index in [2.05, 4.69) is 17.3 Å². The summed E-state index contributed by atoms with van der Waals surface area (Å²) in [5.74, 6) is 0.298. The zero-order chi connectivity index (χ0) is 12.8. The molecule has 1 N–H and O–H groups in total. The first kappa shape index (κ1) is 13.8. The predicted octanol–water partition coefficient (Wildman–Crippen LogP) is 1.07. The van der Waals surface area contributed by atoms with Crippen LogP contribution in [0, 0.1) is 0 Å². The highest BCUT2D eigenvalue weighted by Crippen LogP contribution is 2.11. The van der Waals surface area contributed by atoms with E-state index in [0.717, 1.165) is 19.6 Å². The Kier molecular flexibility index (Phi) is 5.45. The van der Waals surface area contributed by atoms with Gasteiger partial charge in [0.05, 0.1) is 6.54 Å². The molecule has 1 amide bonds. The third-order valence-corrected chi connectivity index (χ3v) is 4.20. The first-order valence-electron chi connectivity index (χ1n) is 7.45. The molecule has 2 aliphatic rings. The lowest BCUT2D eigenvalue weighted by Gasteiger charge is -2.27. The largest absolute Gasteiger partial charge is 0.342 e. The quantitative estimate of drug-likeness (QED) is 0.817. The van der Waals surface area contributed by atoms with Crippen molar-refractivity contribution in [3.8, 4) is 0 Å². The Morgan fingerprint density at radius 2 is 1.83 bits per heavy atom. The van der Waals surface area contributed by atoms with Gasteiger partial charge < -0.3 is 15.1 Å². The first-order chi connectivity index (χ1) is 8.75. The fourth-order valence-electron chi connectivity index (χ4n) is 2.93. The Hall–Kier alpha value is -0.610. The maximum absolute atomic E-state index is 12.0. The van der Waals surface area contributed by atoms with Crippen LogP contribution in [0.4, 0.5) is 0 Å². The van der Waals surface area contributed by atoms with Gasteiger partial charge in [-0.25, -0.2) is 0 Å². The Bertz CT molecular complexity index is 264. The van der Waals surface area contributed by atoms with Crippen LogP contribution in [0.5, 0.6) is 0 Å². The summed E-state index contributed by atoms with van der Waals surface area (Å²) in [6, 6.07) is 0.531. The fraction of sp³-hybridized carbons (Fsp3) is 0.929. The van der Waals surface area contributed by atoms with Crippen LogP contribution >= 0.6 is 0 Å². The summed E-state index contributed by atoms with van der Waals surface area (Å²) in [6.45, 7) is 4.81. The minimum atomic E-state index is 0.298. The molecule has 0 bridgehead atoms. The number of carbonyl (C=O) groups excluding carboxylic acids is 1. The van der Waals surface area contributed by atoms with Gasteiger partial charge in [0.15, 0.2) is 0 Å². The minimum absolute atomic E-state index is 0.298. The summed E-state index contributed by atoms with van der Waals surface area (Å²) in [5, 5.41) is 3.46. The van der Waals surface area contributed by atoms with Crippen LogP contribution in [-0.2, 0) is 4.79 Å². The van der Waals surface area contributed by atoms with Crippen molar-refractivity contribution in [1.29, 1.82) is 0 Å². The summed E-state index contributed by atoms with van der Waals surface area (Å²) in [7, 11) is 2.18. The van der Waals surface area contributed by atoms with Gasteiger partial charge in [0.25, 0.3) is 0 Å². The molecule has 0 spiro atoms. The average molecular weight is 253 g/mol. The molecule has 0 radical (unpaired) electrons. The highest BCUT2D eigenvalue weighted by Gasteiger charge is 2.19. The van der Waals surface area contributed by atoms with Gasteiger partial charge >= 0.3 is 0 Å². The molecule has 18 heavy (non-hydrogen) atoms. The van der Waals surface area contributed by atoms with Crippen LogP contribution in [0.2, 0.25) is 0 Å². The number of piperidine rings is 1. The average Bonchev–Trinajstić information content (AvgIpc) is 2.62. The minimum Gasteiger partial charge on any atom is -0.342 e. The number of hydrogen-bond donors (Lipinski definition) is 1. The zero-order valence-corrected chi connectivity index (χ0v) is 11.7. The third-order valence-electron chi connectivity index (χ3n) is 4.20. The Labute approximate surface area is 111 Å². The first-order valence-corrected chi connectivity index (χ1v) is 7.45. The number of amides is 1. The maximum atomic E-state index is 12.0. The standard InChI is InChI=1S/C14H27N3O/c1-16-8-5-6-13(7-11-16)15-12-14(18)17-9-3-2-4-10-17/h13,15H,2-12H2,1H3. The molecule has 1 atom stereocenters. The Morgan fingerprint density at radius 3 is 2.61 bits per heavy atom. The fourth-order valence-corrected chi connectivity index (χ4v) is 2.93. The summed E-state index contributed by atoms with van der Waals surface area (Å²) in [6.07, 6.45) is 7.26. The number of carbonyl (C=O) groups is 1. The monoisotopic (exact) mass is 253 g/mol. The highest BCUT2D eigenvalue weighted by molar-refractivity contribution is 5.78. The molecule has 0 aromatic rings. The van der Waals surface area contributed by atoms with Crippen molar-refractivity contribution in [2.45, 2.75) is 44.6 Å². The van der Waals surface area contributed by atoms with Crippen molar-refractivity contribution in [3.63, 3.8) is 0 Å². The molecule has 0 aromatic heterocycles. The molecule has 104 valence electrons. The normalized spacial score (nSPS) is 26.9. The van der Waals surface area contributed by atoms with Gasteiger partial charge in [0.2, 0.25) is 5.91 Å². The molecular weight excluding hydrogens is 226 g/mol. The molecule has 4 nitrogen and oxygen atoms in total. The highest BCUT2D eigenvalue weighted by atomic mass is 16.2. The van der Waals surface area contributed by atoms with Gasteiger partial charge in [-0.15, -0.1) is 0 Å². The molecule has 2 saturated heterocycles. The van der Waals surface area contributed by atoms with E-state index in [1.54, 1.807) is 0 Å². The van der Waals surface area contributed by atoms with Gasteiger partial charge in [-0.3, -0.25) is 4.79 Å². The van der Waals surface area contributed by atoms with E-state index in [1.165, 1.54) is 45.1 Å². The molecule has 2 fully saturated rings. The van der Waals surface area contributed by atoms with E-state index in [1.807, 2.05) is 4.90 Å². The number of hydrogen-bond acceptors (Lipinski definition) is 3. The zero-order valence-electron chi connectivity index (χ0n) is 11.7. The number of nitrogens with one attached hydrogen (secondary N) is 1. The summed E-state index contributed by atoms with van der Waals surface area (Å²) >= 11 is 0. The van der Waals surface area contributed by atoms with Crippen molar-refractivity contribution in [2.75, 3.05) is 39.8 Å². The summed E-state index contributed by atoms with van der Waals surface area (Å²) < 4.78 is 0. The summed E-state index contributed by atoms with van der Waals surface area (Å²) in [5.41, 5.74) is 0. The lowest BCUT2D eigenvalue weighted by molar-refractivity contribution is -0.131. The number of nitrogens with zero attached hydrogens (tertiary/aromatic N) is 2. The molecule has 2 aliphatic heterocycles. The van der Waals surface area contributed by atoms with Gasteiger partial charge in [-0.2, -0.15) is 0 Å². The second kappa shape index (κ2) is 7.10. The van der Waals surface area contributed by atoms with Crippen molar-refractivity contribution in [2.24, 2.45) is 0 Å². The van der Waals surface area contributed by atoms with E-state index in [4.69, 9.17) is 0 Å². The van der Waals surface area contributed by atoms with E-state index in [9.17, 15) is 4.79 Å². The second-order valence-corrected chi connectivity index (χ2v) is 5.75. The number of likely N-dealkylation sites (tertiary alicyclic amines) is 2. The van der Waals surface area contributed by atoms with Gasteiger partial charge in [0, 0.05) is 19.1 Å². The molecule has 1 unspecified atom stereocenters. The van der Waals surface area contributed by atoms with Crippen molar-refractivity contribution in [3.05, 3.63) is 0 Å². The molecule has 2 rings (SSSR count). The molecule has 0 aliphatic carbocycles. The molecule has 4 heteroatoms. The smallest absolute Gasteiger partial charge is 0.236 e. The van der Waals surface area contributed by atoms with E-state index in [-0.39, 0.29) is 0 Å². The van der Waals surface area contributed by atoms with E-state index in [0.29, 0.717) is 18.5 Å². The van der Waals surface area contributed by atoms with Crippen molar-refractivity contribution in [1.82, 2.24) is 15.1 Å². The van der Waals surface area contributed by atoms with Crippen molar-refractivity contribution < 1.29 is 4.79 Å². The topological polar surface area (TPSA) is 35.6 Å². The molecule has 2 heterocycles. The third kappa shape index (κ3) is 4.25. The second-order valence-electron chi connectivity index (χ2n) is 5.75. The lowest BCUT2D eigenvalue weighted by atomic mass is 10.1. The Balaban J connectivity index is 1.68. The van der Waals surface area contributed by atoms with Crippen LogP contribution in [0.25, 0.3) is 0 Å². The SMILES string of the molecule is CN1CCCC(NCC(=O)N2CCCCC2)CC1.